The van der Waals surface area contributed by atoms with E-state index in [1.54, 1.807) is 23.5 Å². The molecule has 0 spiro atoms. The van der Waals surface area contributed by atoms with Crippen molar-refractivity contribution in [1.29, 1.82) is 0 Å². The fraction of sp³-hybridized carbons (Fsp3) is 0.235. The SMILES string of the molecule is O=S(=O)(c1ccc(Sc2nnc3sc4ccccc4n23)nc1)N1CCOCC1. The second-order valence-corrected chi connectivity index (χ2v) is 10.1. The van der Waals surface area contributed by atoms with Crippen molar-refractivity contribution in [1.82, 2.24) is 23.9 Å². The lowest BCUT2D eigenvalue weighted by molar-refractivity contribution is 0.0730. The van der Waals surface area contributed by atoms with Gasteiger partial charge in [-0.25, -0.2) is 13.4 Å². The quantitative estimate of drug-likeness (QED) is 0.488. The highest BCUT2D eigenvalue weighted by atomic mass is 32.2. The maximum atomic E-state index is 12.7. The van der Waals surface area contributed by atoms with Crippen LogP contribution in [0, 0.1) is 0 Å². The molecule has 28 heavy (non-hydrogen) atoms. The lowest BCUT2D eigenvalue weighted by atomic mass is 10.3. The van der Waals surface area contributed by atoms with Crippen LogP contribution in [-0.4, -0.2) is 58.6 Å². The molecule has 8 nitrogen and oxygen atoms in total. The number of morpholine rings is 1. The first-order valence-electron chi connectivity index (χ1n) is 8.57. The molecule has 4 aromatic rings. The van der Waals surface area contributed by atoms with Crippen LogP contribution in [0.5, 0.6) is 0 Å². The molecule has 0 bridgehead atoms. The molecule has 3 aromatic heterocycles. The van der Waals surface area contributed by atoms with E-state index in [2.05, 4.69) is 15.2 Å². The molecule has 1 aliphatic rings. The second kappa shape index (κ2) is 7.08. The van der Waals surface area contributed by atoms with Gasteiger partial charge in [0, 0.05) is 19.3 Å². The summed E-state index contributed by atoms with van der Waals surface area (Å²) in [6.07, 6.45) is 1.40. The fourth-order valence-electron chi connectivity index (χ4n) is 3.03. The van der Waals surface area contributed by atoms with Crippen LogP contribution in [-0.2, 0) is 14.8 Å². The third-order valence-corrected chi connectivity index (χ3v) is 8.22. The Bertz CT molecular complexity index is 1240. The predicted molar refractivity (Wildman–Crippen MR) is 106 cm³/mol. The van der Waals surface area contributed by atoms with E-state index in [1.165, 1.54) is 22.3 Å². The number of thiazole rings is 1. The van der Waals surface area contributed by atoms with E-state index in [0.29, 0.717) is 36.5 Å². The molecule has 0 radical (unpaired) electrons. The lowest BCUT2D eigenvalue weighted by Crippen LogP contribution is -2.40. The van der Waals surface area contributed by atoms with Gasteiger partial charge in [0.25, 0.3) is 0 Å². The topological polar surface area (TPSA) is 89.7 Å². The summed E-state index contributed by atoms with van der Waals surface area (Å²) in [5.74, 6) is 0. The average molecular weight is 434 g/mol. The molecule has 0 unspecified atom stereocenters. The molecule has 0 N–H and O–H groups in total. The summed E-state index contributed by atoms with van der Waals surface area (Å²) in [6, 6.07) is 11.3. The zero-order valence-corrected chi connectivity index (χ0v) is 17.0. The number of fused-ring (bicyclic) bond motifs is 3. The van der Waals surface area contributed by atoms with Crippen molar-refractivity contribution in [3.63, 3.8) is 0 Å². The van der Waals surface area contributed by atoms with Crippen LogP contribution < -0.4 is 0 Å². The summed E-state index contributed by atoms with van der Waals surface area (Å²) in [4.78, 5) is 5.34. The van der Waals surface area contributed by atoms with E-state index >= 15 is 0 Å². The fourth-order valence-corrected chi connectivity index (χ4v) is 6.19. The summed E-state index contributed by atoms with van der Waals surface area (Å²) in [5.41, 5.74) is 1.04. The van der Waals surface area contributed by atoms with Gasteiger partial charge in [-0.2, -0.15) is 4.31 Å². The highest BCUT2D eigenvalue weighted by molar-refractivity contribution is 7.99. The Morgan fingerprint density at radius 3 is 2.68 bits per heavy atom. The van der Waals surface area contributed by atoms with E-state index in [1.807, 2.05) is 28.7 Å². The number of nitrogens with zero attached hydrogens (tertiary/aromatic N) is 5. The average Bonchev–Trinajstić information content (AvgIpc) is 3.29. The number of aromatic nitrogens is 4. The van der Waals surface area contributed by atoms with Gasteiger partial charge in [0.2, 0.25) is 20.1 Å². The van der Waals surface area contributed by atoms with Crippen LogP contribution in [0.3, 0.4) is 0 Å². The Balaban J connectivity index is 1.43. The number of pyridine rings is 1. The number of ether oxygens (including phenoxy) is 1. The monoisotopic (exact) mass is 433 g/mol. The van der Waals surface area contributed by atoms with Crippen LogP contribution in [0.4, 0.5) is 0 Å². The normalized spacial score (nSPS) is 16.1. The van der Waals surface area contributed by atoms with Crippen molar-refractivity contribution in [2.75, 3.05) is 26.3 Å². The summed E-state index contributed by atoms with van der Waals surface area (Å²) in [6.45, 7) is 1.56. The minimum absolute atomic E-state index is 0.186. The largest absolute Gasteiger partial charge is 0.379 e. The van der Waals surface area contributed by atoms with Gasteiger partial charge in [0.1, 0.15) is 9.92 Å². The van der Waals surface area contributed by atoms with E-state index in [0.717, 1.165) is 15.2 Å². The molecule has 11 heteroatoms. The third kappa shape index (κ3) is 3.08. The first-order valence-corrected chi connectivity index (χ1v) is 11.6. The number of para-hydroxylation sites is 1. The Hall–Kier alpha value is -2.05. The van der Waals surface area contributed by atoms with E-state index in [9.17, 15) is 8.42 Å². The summed E-state index contributed by atoms with van der Waals surface area (Å²) < 4.78 is 35.2. The Kier molecular flexibility index (Phi) is 4.56. The number of benzene rings is 1. The molecule has 4 heterocycles. The molecule has 0 amide bonds. The number of rotatable bonds is 4. The van der Waals surface area contributed by atoms with Crippen LogP contribution in [0.1, 0.15) is 0 Å². The molecule has 0 aliphatic carbocycles. The van der Waals surface area contributed by atoms with E-state index in [4.69, 9.17) is 4.74 Å². The standard InChI is InChI=1S/C17H15N5O3S3/c23-28(24,21-7-9-25-10-8-21)12-5-6-15(18-11-12)27-17-20-19-16-22(17)13-3-1-2-4-14(13)26-16/h1-6,11H,7-10H2. The third-order valence-electron chi connectivity index (χ3n) is 4.42. The molecular weight excluding hydrogens is 418 g/mol. The summed E-state index contributed by atoms with van der Waals surface area (Å²) in [7, 11) is -3.55. The number of hydrogen-bond donors (Lipinski definition) is 0. The highest BCUT2D eigenvalue weighted by Crippen LogP contribution is 2.32. The van der Waals surface area contributed by atoms with E-state index in [-0.39, 0.29) is 4.90 Å². The summed E-state index contributed by atoms with van der Waals surface area (Å²) in [5, 5.41) is 9.85. The maximum absolute atomic E-state index is 12.7. The molecule has 144 valence electrons. The minimum atomic E-state index is -3.55. The molecule has 1 saturated heterocycles. The smallest absolute Gasteiger partial charge is 0.244 e. The van der Waals surface area contributed by atoms with Gasteiger partial charge in [-0.15, -0.1) is 10.2 Å². The lowest BCUT2D eigenvalue weighted by Gasteiger charge is -2.25. The van der Waals surface area contributed by atoms with Gasteiger partial charge in [0.05, 0.1) is 23.4 Å². The highest BCUT2D eigenvalue weighted by Gasteiger charge is 2.26. The van der Waals surface area contributed by atoms with Crippen molar-refractivity contribution in [2.45, 2.75) is 15.1 Å². The Morgan fingerprint density at radius 2 is 1.89 bits per heavy atom. The van der Waals surface area contributed by atoms with Crippen molar-refractivity contribution in [3.8, 4) is 0 Å². The first-order chi connectivity index (χ1) is 13.6. The Labute approximate surface area is 169 Å². The van der Waals surface area contributed by atoms with Crippen LogP contribution in [0.15, 0.2) is 57.7 Å². The van der Waals surface area contributed by atoms with Gasteiger partial charge in [-0.05, 0) is 36.0 Å². The molecule has 0 saturated carbocycles. The zero-order valence-electron chi connectivity index (χ0n) is 14.6. The van der Waals surface area contributed by atoms with E-state index < -0.39 is 10.0 Å². The zero-order chi connectivity index (χ0) is 19.1. The van der Waals surface area contributed by atoms with Gasteiger partial charge in [0.15, 0.2) is 0 Å². The van der Waals surface area contributed by atoms with Gasteiger partial charge in [-0.1, -0.05) is 23.5 Å². The van der Waals surface area contributed by atoms with Crippen molar-refractivity contribution in [3.05, 3.63) is 42.6 Å². The van der Waals surface area contributed by atoms with Gasteiger partial charge in [-0.3, -0.25) is 4.40 Å². The molecule has 5 rings (SSSR count). The first kappa shape index (κ1) is 18.0. The summed E-state index contributed by atoms with van der Waals surface area (Å²) >= 11 is 2.93. The van der Waals surface area contributed by atoms with Crippen molar-refractivity contribution < 1.29 is 13.2 Å². The van der Waals surface area contributed by atoms with Gasteiger partial charge >= 0.3 is 0 Å². The second-order valence-electron chi connectivity index (χ2n) is 6.12. The number of sulfonamides is 1. The van der Waals surface area contributed by atoms with Gasteiger partial charge < -0.3 is 4.74 Å². The van der Waals surface area contributed by atoms with Crippen LogP contribution >= 0.6 is 23.1 Å². The Morgan fingerprint density at radius 1 is 1.07 bits per heavy atom. The predicted octanol–water partition coefficient (Wildman–Crippen LogP) is 2.51. The molecule has 1 aromatic carbocycles. The van der Waals surface area contributed by atoms with Crippen molar-refractivity contribution >= 4 is 48.3 Å². The molecular formula is C17H15N5O3S3. The molecule has 1 aliphatic heterocycles. The maximum Gasteiger partial charge on any atom is 0.244 e. The van der Waals surface area contributed by atoms with Crippen LogP contribution in [0.25, 0.3) is 15.2 Å². The van der Waals surface area contributed by atoms with Crippen molar-refractivity contribution in [2.24, 2.45) is 0 Å². The minimum Gasteiger partial charge on any atom is -0.379 e. The van der Waals surface area contributed by atoms with Crippen LogP contribution in [0.2, 0.25) is 0 Å². The molecule has 1 fully saturated rings. The molecule has 0 atom stereocenters. The number of hydrogen-bond acceptors (Lipinski definition) is 8.